The number of benzene rings is 2. The molecule has 0 fully saturated rings. The van der Waals surface area contributed by atoms with E-state index in [-0.39, 0.29) is 6.54 Å². The van der Waals surface area contributed by atoms with Crippen molar-refractivity contribution in [3.8, 4) is 11.1 Å². The molecule has 128 valence electrons. The summed E-state index contributed by atoms with van der Waals surface area (Å²) < 4.78 is 4.81. The maximum absolute atomic E-state index is 12.2. The minimum Gasteiger partial charge on any atom is -0.480 e. The molecule has 5 heteroatoms. The first-order valence-electron chi connectivity index (χ1n) is 7.96. The van der Waals surface area contributed by atoms with Gasteiger partial charge in [0.25, 0.3) is 0 Å². The van der Waals surface area contributed by atoms with Crippen LogP contribution in [0.2, 0.25) is 0 Å². The number of ether oxygens (including phenoxy) is 1. The van der Waals surface area contributed by atoms with E-state index in [0.717, 1.165) is 22.3 Å². The highest BCUT2D eigenvalue weighted by Gasteiger charge is 2.43. The van der Waals surface area contributed by atoms with Crippen molar-refractivity contribution in [2.75, 3.05) is 13.7 Å². The predicted molar refractivity (Wildman–Crippen MR) is 94.5 cm³/mol. The van der Waals surface area contributed by atoms with E-state index in [1.54, 1.807) is 0 Å². The van der Waals surface area contributed by atoms with E-state index in [2.05, 4.69) is 6.58 Å². The Morgan fingerprint density at radius 2 is 1.68 bits per heavy atom. The molecular formula is C20H19NO4. The molecule has 0 aromatic heterocycles. The van der Waals surface area contributed by atoms with Gasteiger partial charge in [-0.3, -0.25) is 4.90 Å². The van der Waals surface area contributed by atoms with Crippen molar-refractivity contribution in [2.45, 2.75) is 12.0 Å². The van der Waals surface area contributed by atoms with Crippen molar-refractivity contribution in [1.29, 1.82) is 0 Å². The first kappa shape index (κ1) is 16.8. The lowest BCUT2D eigenvalue weighted by Gasteiger charge is -2.31. The molecule has 0 spiro atoms. The lowest BCUT2D eigenvalue weighted by atomic mass is 9.88. The Kier molecular flexibility index (Phi) is 4.57. The molecule has 0 aliphatic heterocycles. The summed E-state index contributed by atoms with van der Waals surface area (Å²) in [6.45, 7) is 3.72. The predicted octanol–water partition coefficient (Wildman–Crippen LogP) is 3.51. The van der Waals surface area contributed by atoms with Crippen LogP contribution in [-0.2, 0) is 9.53 Å². The minimum atomic E-state index is -1.09. The van der Waals surface area contributed by atoms with Gasteiger partial charge in [-0.25, -0.2) is 9.59 Å². The molecular weight excluding hydrogens is 318 g/mol. The molecule has 1 amide bonds. The summed E-state index contributed by atoms with van der Waals surface area (Å²) in [5.74, 6) is -1.55. The molecule has 2 aromatic carbocycles. The van der Waals surface area contributed by atoms with Crippen LogP contribution < -0.4 is 0 Å². The number of hydrogen-bond acceptors (Lipinski definition) is 3. The van der Waals surface area contributed by atoms with Crippen molar-refractivity contribution in [1.82, 2.24) is 4.90 Å². The van der Waals surface area contributed by atoms with E-state index in [1.165, 1.54) is 18.1 Å². The quantitative estimate of drug-likeness (QED) is 0.848. The Balaban J connectivity index is 2.18. The second-order valence-corrected chi connectivity index (χ2v) is 5.85. The highest BCUT2D eigenvalue weighted by molar-refractivity contribution is 5.87. The zero-order valence-electron chi connectivity index (χ0n) is 13.9. The van der Waals surface area contributed by atoms with Crippen molar-refractivity contribution in [3.63, 3.8) is 0 Å². The van der Waals surface area contributed by atoms with Gasteiger partial charge in [-0.15, -0.1) is 6.58 Å². The van der Waals surface area contributed by atoms with Crippen LogP contribution in [0.4, 0.5) is 4.79 Å². The van der Waals surface area contributed by atoms with Gasteiger partial charge in [0.2, 0.25) is 0 Å². The van der Waals surface area contributed by atoms with Crippen molar-refractivity contribution in [2.24, 2.45) is 0 Å². The molecule has 0 radical (unpaired) electrons. The molecule has 0 heterocycles. The molecule has 2 aromatic rings. The largest absolute Gasteiger partial charge is 0.480 e. The van der Waals surface area contributed by atoms with Crippen molar-refractivity contribution < 1.29 is 19.4 Å². The first-order valence-corrected chi connectivity index (χ1v) is 7.96. The Morgan fingerprint density at radius 1 is 1.16 bits per heavy atom. The SMILES string of the molecule is C=CCN(C(=O)OC)C(C(=O)O)C1c2ccccc2-c2ccccc21. The number of rotatable bonds is 5. The number of carbonyl (C=O) groups is 2. The second kappa shape index (κ2) is 6.81. The molecule has 1 aliphatic carbocycles. The summed E-state index contributed by atoms with van der Waals surface area (Å²) in [5, 5.41) is 9.94. The zero-order valence-corrected chi connectivity index (χ0v) is 13.9. The minimum absolute atomic E-state index is 0.0878. The number of amides is 1. The third-order valence-electron chi connectivity index (χ3n) is 4.52. The van der Waals surface area contributed by atoms with Gasteiger partial charge in [-0.2, -0.15) is 0 Å². The van der Waals surface area contributed by atoms with Crippen molar-refractivity contribution in [3.05, 3.63) is 72.3 Å². The summed E-state index contributed by atoms with van der Waals surface area (Å²) in [5.41, 5.74) is 3.79. The lowest BCUT2D eigenvalue weighted by molar-refractivity contribution is -0.143. The summed E-state index contributed by atoms with van der Waals surface area (Å²) in [6, 6.07) is 14.3. The van der Waals surface area contributed by atoms with Crippen LogP contribution >= 0.6 is 0 Å². The number of hydrogen-bond donors (Lipinski definition) is 1. The molecule has 0 saturated heterocycles. The maximum Gasteiger partial charge on any atom is 0.410 e. The fraction of sp³-hybridized carbons (Fsp3) is 0.200. The maximum atomic E-state index is 12.2. The van der Waals surface area contributed by atoms with E-state index in [0.29, 0.717) is 0 Å². The Labute approximate surface area is 146 Å². The number of aliphatic carboxylic acids is 1. The third kappa shape index (κ3) is 2.78. The molecule has 1 unspecified atom stereocenters. The van der Waals surface area contributed by atoms with E-state index in [4.69, 9.17) is 4.74 Å². The highest BCUT2D eigenvalue weighted by Crippen LogP contribution is 2.47. The van der Waals surface area contributed by atoms with E-state index < -0.39 is 24.0 Å². The van der Waals surface area contributed by atoms with E-state index in [9.17, 15) is 14.7 Å². The monoisotopic (exact) mass is 337 g/mol. The first-order chi connectivity index (χ1) is 12.1. The molecule has 25 heavy (non-hydrogen) atoms. The van der Waals surface area contributed by atoms with Gasteiger partial charge in [0.1, 0.15) is 6.04 Å². The molecule has 1 N–H and O–H groups in total. The van der Waals surface area contributed by atoms with Crippen LogP contribution in [0.15, 0.2) is 61.2 Å². The number of fused-ring (bicyclic) bond motifs is 3. The third-order valence-corrected chi connectivity index (χ3v) is 4.52. The summed E-state index contributed by atoms with van der Waals surface area (Å²) >= 11 is 0. The molecule has 5 nitrogen and oxygen atoms in total. The number of carboxylic acids is 1. The van der Waals surface area contributed by atoms with Crippen molar-refractivity contribution >= 4 is 12.1 Å². The van der Waals surface area contributed by atoms with Gasteiger partial charge in [0.15, 0.2) is 0 Å². The molecule has 0 saturated carbocycles. The topological polar surface area (TPSA) is 66.8 Å². The zero-order chi connectivity index (χ0) is 18.0. The Bertz CT molecular complexity index is 784. The van der Waals surface area contributed by atoms with Gasteiger partial charge in [-0.05, 0) is 22.3 Å². The van der Waals surface area contributed by atoms with Gasteiger partial charge < -0.3 is 9.84 Å². The smallest absolute Gasteiger partial charge is 0.410 e. The number of carboxylic acid groups (broad SMARTS) is 1. The normalized spacial score (nSPS) is 13.5. The van der Waals surface area contributed by atoms with E-state index >= 15 is 0 Å². The summed E-state index contributed by atoms with van der Waals surface area (Å²) in [4.78, 5) is 25.6. The number of nitrogens with zero attached hydrogens (tertiary/aromatic N) is 1. The number of carbonyl (C=O) groups excluding carboxylic acids is 1. The van der Waals surface area contributed by atoms with Crippen LogP contribution in [0.1, 0.15) is 17.0 Å². The standard InChI is InChI=1S/C20H19NO4/c1-3-12-21(20(24)25-2)18(19(22)23)17-15-10-6-4-8-13(15)14-9-5-7-11-16(14)17/h3-11,17-18H,1,12H2,2H3,(H,22,23). The van der Waals surface area contributed by atoms with Crippen LogP contribution in [0.5, 0.6) is 0 Å². The second-order valence-electron chi connectivity index (χ2n) is 5.85. The molecule has 1 aliphatic rings. The highest BCUT2D eigenvalue weighted by atomic mass is 16.5. The molecule has 1 atom stereocenters. The van der Waals surface area contributed by atoms with Crippen LogP contribution in [0.3, 0.4) is 0 Å². The molecule has 3 rings (SSSR count). The van der Waals surface area contributed by atoms with Gasteiger partial charge in [0, 0.05) is 12.5 Å². The summed E-state index contributed by atoms with van der Waals surface area (Å²) in [6.07, 6.45) is 0.814. The number of methoxy groups -OCH3 is 1. The van der Waals surface area contributed by atoms with Gasteiger partial charge in [-0.1, -0.05) is 54.6 Å². The van der Waals surface area contributed by atoms with E-state index in [1.807, 2.05) is 48.5 Å². The molecule has 0 bridgehead atoms. The average Bonchev–Trinajstić information content (AvgIpc) is 2.95. The van der Waals surface area contributed by atoms with Crippen LogP contribution in [0.25, 0.3) is 11.1 Å². The Hall–Kier alpha value is -3.08. The fourth-order valence-corrected chi connectivity index (χ4v) is 3.55. The van der Waals surface area contributed by atoms with Gasteiger partial charge >= 0.3 is 12.1 Å². The van der Waals surface area contributed by atoms with Crippen LogP contribution in [0, 0.1) is 0 Å². The summed E-state index contributed by atoms with van der Waals surface area (Å²) in [7, 11) is 1.24. The lowest BCUT2D eigenvalue weighted by Crippen LogP contribution is -2.48. The van der Waals surface area contributed by atoms with Crippen LogP contribution in [-0.4, -0.2) is 41.8 Å². The van der Waals surface area contributed by atoms with Gasteiger partial charge in [0.05, 0.1) is 7.11 Å². The fourth-order valence-electron chi connectivity index (χ4n) is 3.55. The average molecular weight is 337 g/mol. The Morgan fingerprint density at radius 3 is 2.12 bits per heavy atom.